The number of benzene rings is 5. The molecular formula is C36H26O4. The number of esters is 2. The van der Waals surface area contributed by atoms with Crippen LogP contribution in [0.4, 0.5) is 0 Å². The van der Waals surface area contributed by atoms with Crippen LogP contribution in [0.5, 0.6) is 0 Å². The number of rotatable bonds is 4. The van der Waals surface area contributed by atoms with Gasteiger partial charge < -0.3 is 9.47 Å². The van der Waals surface area contributed by atoms with Crippen molar-refractivity contribution in [3.63, 3.8) is 0 Å². The Labute approximate surface area is 232 Å². The van der Waals surface area contributed by atoms with Crippen molar-refractivity contribution < 1.29 is 19.1 Å². The molecule has 5 aromatic rings. The Bertz CT molecular complexity index is 1590. The lowest BCUT2D eigenvalue weighted by Gasteiger charge is -2.32. The molecule has 0 unspecified atom stereocenters. The van der Waals surface area contributed by atoms with Crippen molar-refractivity contribution in [2.24, 2.45) is 0 Å². The highest BCUT2D eigenvalue weighted by Crippen LogP contribution is 2.55. The van der Waals surface area contributed by atoms with Crippen LogP contribution in [-0.4, -0.2) is 26.2 Å². The third-order valence-electron chi connectivity index (χ3n) is 8.64. The van der Waals surface area contributed by atoms with E-state index in [2.05, 4.69) is 0 Å². The van der Waals surface area contributed by atoms with Gasteiger partial charge in [-0.1, -0.05) is 121 Å². The van der Waals surface area contributed by atoms with Gasteiger partial charge in [-0.15, -0.1) is 0 Å². The maximum Gasteiger partial charge on any atom is 0.325 e. The van der Waals surface area contributed by atoms with Crippen molar-refractivity contribution in [3.05, 3.63) is 155 Å². The van der Waals surface area contributed by atoms with Crippen LogP contribution in [0, 0.1) is 0 Å². The zero-order valence-electron chi connectivity index (χ0n) is 22.2. The molecule has 0 amide bonds. The number of ether oxygens (including phenoxy) is 2. The zero-order valence-corrected chi connectivity index (χ0v) is 22.2. The molecule has 0 radical (unpaired) electrons. The fourth-order valence-electron chi connectivity index (χ4n) is 7.04. The van der Waals surface area contributed by atoms with E-state index in [0.29, 0.717) is 0 Å². The lowest BCUT2D eigenvalue weighted by molar-refractivity contribution is -0.145. The molecule has 0 saturated carbocycles. The molecule has 0 atom stereocenters. The van der Waals surface area contributed by atoms with Crippen LogP contribution >= 0.6 is 0 Å². The highest BCUT2D eigenvalue weighted by atomic mass is 16.5. The number of carbonyl (C=O) groups is 2. The third-order valence-corrected chi connectivity index (χ3v) is 8.64. The number of hydrogen-bond donors (Lipinski definition) is 0. The first kappa shape index (κ1) is 24.1. The number of methoxy groups -OCH3 is 2. The Morgan fingerprint density at radius 1 is 0.425 bits per heavy atom. The van der Waals surface area contributed by atoms with E-state index in [1.807, 2.05) is 121 Å². The molecule has 0 bridgehead atoms. The molecule has 0 aliphatic heterocycles. The van der Waals surface area contributed by atoms with Gasteiger partial charge >= 0.3 is 11.9 Å². The molecular weight excluding hydrogens is 496 g/mol. The molecule has 5 aromatic carbocycles. The van der Waals surface area contributed by atoms with Gasteiger partial charge in [0.2, 0.25) is 0 Å². The van der Waals surface area contributed by atoms with Crippen molar-refractivity contribution in [2.45, 2.75) is 10.8 Å². The molecule has 0 saturated heterocycles. The maximum atomic E-state index is 13.9. The molecule has 4 heteroatoms. The standard InChI is InChI=1S/C36H26O4/c1-39-33(37)35(29-15-7-3-11-25(29)26-12-4-8-16-30(26)35)23-19-21-24(22-20-23)36(34(38)40-2)31-17-9-5-13-27(31)28-14-6-10-18-32(28)36/h3-22H,1-2H3. The van der Waals surface area contributed by atoms with Crippen LogP contribution in [0.3, 0.4) is 0 Å². The second-order valence-electron chi connectivity index (χ2n) is 10.2. The summed E-state index contributed by atoms with van der Waals surface area (Å²) in [5, 5.41) is 0. The van der Waals surface area contributed by atoms with Crippen LogP contribution in [0.1, 0.15) is 33.4 Å². The molecule has 7 rings (SSSR count). The number of hydrogen-bond acceptors (Lipinski definition) is 4. The van der Waals surface area contributed by atoms with Gasteiger partial charge in [0.1, 0.15) is 10.8 Å². The minimum Gasteiger partial charge on any atom is -0.468 e. The first-order valence-corrected chi connectivity index (χ1v) is 13.3. The summed E-state index contributed by atoms with van der Waals surface area (Å²) in [6.07, 6.45) is 0. The normalized spacial score (nSPS) is 14.8. The van der Waals surface area contributed by atoms with Crippen molar-refractivity contribution in [2.75, 3.05) is 14.2 Å². The van der Waals surface area contributed by atoms with E-state index in [-0.39, 0.29) is 11.9 Å². The Hall–Kier alpha value is -4.96. The Morgan fingerprint density at radius 3 is 0.925 bits per heavy atom. The first-order chi connectivity index (χ1) is 19.6. The summed E-state index contributed by atoms with van der Waals surface area (Å²) in [5.74, 6) is -0.700. The second kappa shape index (κ2) is 8.78. The summed E-state index contributed by atoms with van der Waals surface area (Å²) < 4.78 is 11.0. The van der Waals surface area contributed by atoms with E-state index in [1.54, 1.807) is 0 Å². The van der Waals surface area contributed by atoms with Crippen molar-refractivity contribution in [1.29, 1.82) is 0 Å². The summed E-state index contributed by atoms with van der Waals surface area (Å²) in [6, 6.07) is 39.8. The monoisotopic (exact) mass is 522 g/mol. The van der Waals surface area contributed by atoms with Gasteiger partial charge in [0.05, 0.1) is 14.2 Å². The molecule has 0 heterocycles. The highest BCUT2D eigenvalue weighted by Gasteiger charge is 2.54. The predicted molar refractivity (Wildman–Crippen MR) is 154 cm³/mol. The number of carbonyl (C=O) groups excluding carboxylic acids is 2. The second-order valence-corrected chi connectivity index (χ2v) is 10.2. The van der Waals surface area contributed by atoms with E-state index in [0.717, 1.165) is 55.6 Å². The molecule has 0 aromatic heterocycles. The van der Waals surface area contributed by atoms with E-state index in [9.17, 15) is 9.59 Å². The van der Waals surface area contributed by atoms with E-state index in [4.69, 9.17) is 9.47 Å². The fraction of sp³-hybridized carbons (Fsp3) is 0.111. The van der Waals surface area contributed by atoms with Gasteiger partial charge in [-0.3, -0.25) is 9.59 Å². The molecule has 2 aliphatic rings. The predicted octanol–water partition coefficient (Wildman–Crippen LogP) is 6.66. The van der Waals surface area contributed by atoms with Crippen LogP contribution in [0.15, 0.2) is 121 Å². The Morgan fingerprint density at radius 2 is 0.675 bits per heavy atom. The smallest absolute Gasteiger partial charge is 0.325 e. The quantitative estimate of drug-likeness (QED) is 0.248. The highest BCUT2D eigenvalue weighted by molar-refractivity contribution is 6.03. The van der Waals surface area contributed by atoms with Gasteiger partial charge in [0, 0.05) is 0 Å². The van der Waals surface area contributed by atoms with E-state index >= 15 is 0 Å². The van der Waals surface area contributed by atoms with Crippen LogP contribution in [-0.2, 0) is 29.9 Å². The summed E-state index contributed by atoms with van der Waals surface area (Å²) in [6.45, 7) is 0. The first-order valence-electron chi connectivity index (χ1n) is 13.3. The van der Waals surface area contributed by atoms with Gasteiger partial charge in [-0.25, -0.2) is 0 Å². The molecule has 0 fully saturated rings. The van der Waals surface area contributed by atoms with Crippen LogP contribution in [0.2, 0.25) is 0 Å². The number of fused-ring (bicyclic) bond motifs is 6. The lowest BCUT2D eigenvalue weighted by atomic mass is 9.69. The molecule has 2 aliphatic carbocycles. The molecule has 194 valence electrons. The topological polar surface area (TPSA) is 52.6 Å². The molecule has 4 nitrogen and oxygen atoms in total. The molecule has 40 heavy (non-hydrogen) atoms. The largest absolute Gasteiger partial charge is 0.468 e. The van der Waals surface area contributed by atoms with E-state index in [1.165, 1.54) is 14.2 Å². The summed E-state index contributed by atoms with van der Waals surface area (Å²) >= 11 is 0. The summed E-state index contributed by atoms with van der Waals surface area (Å²) in [4.78, 5) is 27.7. The minimum absolute atomic E-state index is 0.350. The molecule has 0 spiro atoms. The van der Waals surface area contributed by atoms with Crippen molar-refractivity contribution in [1.82, 2.24) is 0 Å². The van der Waals surface area contributed by atoms with Crippen LogP contribution < -0.4 is 0 Å². The Kier molecular flexibility index (Phi) is 5.29. The summed E-state index contributed by atoms with van der Waals surface area (Å²) in [5.41, 5.74) is 6.87. The zero-order chi connectivity index (χ0) is 27.5. The fourth-order valence-corrected chi connectivity index (χ4v) is 7.04. The average molecular weight is 523 g/mol. The average Bonchev–Trinajstić information content (AvgIpc) is 3.50. The lowest BCUT2D eigenvalue weighted by Crippen LogP contribution is -2.39. The Balaban J connectivity index is 1.49. The maximum absolute atomic E-state index is 13.9. The summed E-state index contributed by atoms with van der Waals surface area (Å²) in [7, 11) is 2.86. The van der Waals surface area contributed by atoms with Crippen molar-refractivity contribution >= 4 is 11.9 Å². The van der Waals surface area contributed by atoms with Crippen LogP contribution in [0.25, 0.3) is 22.3 Å². The van der Waals surface area contributed by atoms with Gasteiger partial charge in [0.25, 0.3) is 0 Å². The third kappa shape index (κ3) is 2.85. The van der Waals surface area contributed by atoms with Gasteiger partial charge in [-0.05, 0) is 55.6 Å². The molecule has 0 N–H and O–H groups in total. The minimum atomic E-state index is -1.13. The van der Waals surface area contributed by atoms with E-state index < -0.39 is 10.8 Å². The van der Waals surface area contributed by atoms with Gasteiger partial charge in [0.15, 0.2) is 0 Å². The van der Waals surface area contributed by atoms with Crippen molar-refractivity contribution in [3.8, 4) is 22.3 Å². The SMILES string of the molecule is COC(=O)C1(c2ccc(C3(C(=O)OC)c4ccccc4-c4ccccc43)cc2)c2ccccc2-c2ccccc21. The van der Waals surface area contributed by atoms with Gasteiger partial charge in [-0.2, -0.15) is 0 Å².